The van der Waals surface area contributed by atoms with Crippen LogP contribution in [0.4, 0.5) is 5.82 Å². The highest BCUT2D eigenvalue weighted by atomic mass is 16.1. The Balaban J connectivity index is 2.57. The molecule has 0 aromatic carbocycles. The van der Waals surface area contributed by atoms with Gasteiger partial charge in [-0.3, -0.25) is 4.79 Å². The van der Waals surface area contributed by atoms with Crippen LogP contribution in [0.5, 0.6) is 0 Å². The van der Waals surface area contributed by atoms with E-state index in [1.54, 1.807) is 6.07 Å². The van der Waals surface area contributed by atoms with Crippen LogP contribution in [0.15, 0.2) is 12.4 Å². The predicted molar refractivity (Wildman–Crippen MR) is 76.3 cm³/mol. The first kappa shape index (κ1) is 15.4. The maximum atomic E-state index is 11.9. The molecule has 1 amide bonds. The minimum Gasteiger partial charge on any atom is -0.368 e. The summed E-state index contributed by atoms with van der Waals surface area (Å²) < 4.78 is 0. The molecular formula is C13H23N5O. The van der Waals surface area contributed by atoms with E-state index in [2.05, 4.69) is 34.4 Å². The fourth-order valence-electron chi connectivity index (χ4n) is 1.40. The number of hydrogen-bond donors (Lipinski definition) is 2. The molecule has 0 saturated heterocycles. The number of nitrogens with zero attached hydrogens (tertiary/aromatic N) is 3. The third-order valence-electron chi connectivity index (χ3n) is 2.75. The second-order valence-corrected chi connectivity index (χ2v) is 4.80. The summed E-state index contributed by atoms with van der Waals surface area (Å²) in [7, 11) is 3.93. The van der Waals surface area contributed by atoms with E-state index in [4.69, 9.17) is 0 Å². The highest BCUT2D eigenvalue weighted by molar-refractivity contribution is 5.92. The molecule has 0 radical (unpaired) electrons. The zero-order valence-corrected chi connectivity index (χ0v) is 12.1. The number of hydrogen-bond acceptors (Lipinski definition) is 5. The minimum atomic E-state index is -0.170. The van der Waals surface area contributed by atoms with Gasteiger partial charge in [-0.15, -0.1) is 0 Å². The van der Waals surface area contributed by atoms with Gasteiger partial charge in [0.2, 0.25) is 0 Å². The molecule has 0 bridgehead atoms. The van der Waals surface area contributed by atoms with Crippen molar-refractivity contribution in [2.75, 3.05) is 32.5 Å². The molecule has 1 aromatic heterocycles. The molecule has 0 aliphatic rings. The van der Waals surface area contributed by atoms with E-state index in [0.29, 0.717) is 24.1 Å². The summed E-state index contributed by atoms with van der Waals surface area (Å²) in [5, 5.41) is 6.05. The maximum absolute atomic E-state index is 11.9. The quantitative estimate of drug-likeness (QED) is 0.769. The fraction of sp³-hybridized carbons (Fsp3) is 0.615. The molecule has 2 N–H and O–H groups in total. The standard InChI is InChI=1S/C13H23N5O/c1-5-10(2)17-12-8-11(15-9-16-12)13(19)14-6-7-18(3)4/h8-10H,5-7H2,1-4H3,(H,14,19)(H,15,16,17). The largest absolute Gasteiger partial charge is 0.368 e. The van der Waals surface area contributed by atoms with E-state index in [9.17, 15) is 4.79 Å². The summed E-state index contributed by atoms with van der Waals surface area (Å²) in [6, 6.07) is 2.00. The number of carbonyl (C=O) groups is 1. The first-order chi connectivity index (χ1) is 9.02. The van der Waals surface area contributed by atoms with Gasteiger partial charge in [-0.2, -0.15) is 0 Å². The lowest BCUT2D eigenvalue weighted by atomic mass is 10.2. The van der Waals surface area contributed by atoms with E-state index in [1.165, 1.54) is 6.33 Å². The van der Waals surface area contributed by atoms with Gasteiger partial charge >= 0.3 is 0 Å². The second-order valence-electron chi connectivity index (χ2n) is 4.80. The molecular weight excluding hydrogens is 242 g/mol. The third-order valence-corrected chi connectivity index (χ3v) is 2.75. The van der Waals surface area contributed by atoms with Crippen molar-refractivity contribution in [2.45, 2.75) is 26.3 Å². The predicted octanol–water partition coefficient (Wildman–Crippen LogP) is 0.978. The lowest BCUT2D eigenvalue weighted by Crippen LogP contribution is -2.32. The number of carbonyl (C=O) groups excluding carboxylic acids is 1. The second kappa shape index (κ2) is 7.68. The van der Waals surface area contributed by atoms with Crippen molar-refractivity contribution in [2.24, 2.45) is 0 Å². The SMILES string of the molecule is CCC(C)Nc1cc(C(=O)NCCN(C)C)ncn1. The van der Waals surface area contributed by atoms with Crippen LogP contribution >= 0.6 is 0 Å². The van der Waals surface area contributed by atoms with Crippen molar-refractivity contribution in [3.8, 4) is 0 Å². The Morgan fingerprint density at radius 2 is 2.16 bits per heavy atom. The lowest BCUT2D eigenvalue weighted by Gasteiger charge is -2.13. The normalized spacial score (nSPS) is 12.3. The number of aromatic nitrogens is 2. The summed E-state index contributed by atoms with van der Waals surface area (Å²) >= 11 is 0. The first-order valence-corrected chi connectivity index (χ1v) is 6.54. The van der Waals surface area contributed by atoms with Gasteiger partial charge in [0.05, 0.1) is 0 Å². The lowest BCUT2D eigenvalue weighted by molar-refractivity contribution is 0.0946. The van der Waals surface area contributed by atoms with Crippen LogP contribution in [0.25, 0.3) is 0 Å². The van der Waals surface area contributed by atoms with Gasteiger partial charge in [0.1, 0.15) is 17.8 Å². The Kier molecular flexibility index (Phi) is 6.21. The van der Waals surface area contributed by atoms with Gasteiger partial charge in [-0.25, -0.2) is 9.97 Å². The van der Waals surface area contributed by atoms with Crippen LogP contribution < -0.4 is 10.6 Å². The summed E-state index contributed by atoms with van der Waals surface area (Å²) in [5.41, 5.74) is 0.388. The summed E-state index contributed by atoms with van der Waals surface area (Å²) in [5.74, 6) is 0.513. The fourth-order valence-corrected chi connectivity index (χ4v) is 1.40. The van der Waals surface area contributed by atoms with Crippen LogP contribution in [-0.4, -0.2) is 54.0 Å². The third kappa shape index (κ3) is 5.65. The number of anilines is 1. The van der Waals surface area contributed by atoms with Crippen LogP contribution in [0.1, 0.15) is 30.8 Å². The molecule has 1 aromatic rings. The van der Waals surface area contributed by atoms with Gasteiger partial charge in [0.25, 0.3) is 5.91 Å². The van der Waals surface area contributed by atoms with E-state index < -0.39 is 0 Å². The molecule has 19 heavy (non-hydrogen) atoms. The molecule has 6 heteroatoms. The van der Waals surface area contributed by atoms with Gasteiger partial charge in [0.15, 0.2) is 0 Å². The van der Waals surface area contributed by atoms with Crippen molar-refractivity contribution in [3.05, 3.63) is 18.1 Å². The highest BCUT2D eigenvalue weighted by Crippen LogP contribution is 2.07. The van der Waals surface area contributed by atoms with Crippen molar-refractivity contribution in [1.82, 2.24) is 20.2 Å². The number of nitrogens with one attached hydrogen (secondary N) is 2. The summed E-state index contributed by atoms with van der Waals surface area (Å²) in [6.45, 7) is 5.56. The van der Waals surface area contributed by atoms with Crippen molar-refractivity contribution in [3.63, 3.8) is 0 Å². The van der Waals surface area contributed by atoms with Gasteiger partial charge in [-0.1, -0.05) is 6.92 Å². The Hall–Kier alpha value is -1.69. The monoisotopic (exact) mass is 265 g/mol. The van der Waals surface area contributed by atoms with E-state index >= 15 is 0 Å². The Bertz CT molecular complexity index is 408. The van der Waals surface area contributed by atoms with Crippen molar-refractivity contribution >= 4 is 11.7 Å². The first-order valence-electron chi connectivity index (χ1n) is 6.54. The zero-order valence-electron chi connectivity index (χ0n) is 12.1. The minimum absolute atomic E-state index is 0.170. The molecule has 0 aliphatic heterocycles. The highest BCUT2D eigenvalue weighted by Gasteiger charge is 2.09. The van der Waals surface area contributed by atoms with Crippen LogP contribution in [0, 0.1) is 0 Å². The Labute approximate surface area is 114 Å². The van der Waals surface area contributed by atoms with Gasteiger partial charge in [-0.05, 0) is 27.4 Å². The zero-order chi connectivity index (χ0) is 14.3. The van der Waals surface area contributed by atoms with E-state index in [0.717, 1.165) is 13.0 Å². The average molecular weight is 265 g/mol. The van der Waals surface area contributed by atoms with E-state index in [1.807, 2.05) is 19.0 Å². The molecule has 106 valence electrons. The van der Waals surface area contributed by atoms with Gasteiger partial charge < -0.3 is 15.5 Å². The molecule has 0 spiro atoms. The molecule has 1 heterocycles. The number of amides is 1. The average Bonchev–Trinajstić information content (AvgIpc) is 2.38. The Morgan fingerprint density at radius 1 is 1.42 bits per heavy atom. The topological polar surface area (TPSA) is 70.2 Å². The summed E-state index contributed by atoms with van der Waals surface area (Å²) in [6.07, 6.45) is 2.40. The van der Waals surface area contributed by atoms with Crippen LogP contribution in [0.3, 0.4) is 0 Å². The van der Waals surface area contributed by atoms with Crippen molar-refractivity contribution < 1.29 is 4.79 Å². The van der Waals surface area contributed by atoms with E-state index in [-0.39, 0.29) is 5.91 Å². The molecule has 1 unspecified atom stereocenters. The molecule has 1 atom stereocenters. The smallest absolute Gasteiger partial charge is 0.270 e. The molecule has 0 saturated carbocycles. The van der Waals surface area contributed by atoms with Crippen LogP contribution in [0.2, 0.25) is 0 Å². The molecule has 0 aliphatic carbocycles. The van der Waals surface area contributed by atoms with Gasteiger partial charge in [0, 0.05) is 25.2 Å². The number of rotatable bonds is 7. The molecule has 6 nitrogen and oxygen atoms in total. The maximum Gasteiger partial charge on any atom is 0.270 e. The molecule has 0 fully saturated rings. The number of likely N-dealkylation sites (N-methyl/N-ethyl adjacent to an activating group) is 1. The Morgan fingerprint density at radius 3 is 2.79 bits per heavy atom. The van der Waals surface area contributed by atoms with Crippen LogP contribution in [-0.2, 0) is 0 Å². The molecule has 1 rings (SSSR count). The van der Waals surface area contributed by atoms with Crippen molar-refractivity contribution in [1.29, 1.82) is 0 Å². The summed E-state index contributed by atoms with van der Waals surface area (Å²) in [4.78, 5) is 22.0.